The van der Waals surface area contributed by atoms with Crippen molar-refractivity contribution in [3.05, 3.63) is 75.6 Å². The summed E-state index contributed by atoms with van der Waals surface area (Å²) in [7, 11) is 0. The van der Waals surface area contributed by atoms with Crippen molar-refractivity contribution in [1.82, 2.24) is 20.3 Å². The molecule has 1 heterocycles. The topological polar surface area (TPSA) is 175 Å². The highest BCUT2D eigenvalue weighted by Gasteiger charge is 2.20. The van der Waals surface area contributed by atoms with E-state index in [1.54, 1.807) is 31.2 Å². The highest BCUT2D eigenvalue weighted by Crippen LogP contribution is 2.20. The Hall–Kier alpha value is -4.61. The van der Waals surface area contributed by atoms with Gasteiger partial charge in [0.2, 0.25) is 5.91 Å². The van der Waals surface area contributed by atoms with Gasteiger partial charge in [-0.3, -0.25) is 24.5 Å². The van der Waals surface area contributed by atoms with E-state index in [1.165, 1.54) is 28.9 Å². The second-order valence-corrected chi connectivity index (χ2v) is 6.68. The summed E-state index contributed by atoms with van der Waals surface area (Å²) in [4.78, 5) is 46.5. The highest BCUT2D eigenvalue weighted by molar-refractivity contribution is 6.08. The van der Waals surface area contributed by atoms with Crippen LogP contribution in [-0.4, -0.2) is 44.2 Å². The number of hydrogen-bond donors (Lipinski definition) is 3. The number of nitro benzene ring substituents is 1. The van der Waals surface area contributed by atoms with E-state index in [0.29, 0.717) is 11.4 Å². The van der Waals surface area contributed by atoms with Gasteiger partial charge in [-0.05, 0) is 25.1 Å². The molecule has 2 aromatic carbocycles. The molecule has 0 bridgehead atoms. The van der Waals surface area contributed by atoms with Gasteiger partial charge in [0.25, 0.3) is 17.5 Å². The predicted octanol–water partition coefficient (Wildman–Crippen LogP) is 1.34. The zero-order valence-corrected chi connectivity index (χ0v) is 16.9. The van der Waals surface area contributed by atoms with Crippen LogP contribution in [0.5, 0.6) is 0 Å². The number of nitrogens with two attached hydrogens (primary N) is 1. The number of primary amides is 1. The second kappa shape index (κ2) is 9.47. The molecule has 12 heteroatoms. The molecule has 1 aromatic heterocycles. The van der Waals surface area contributed by atoms with Crippen molar-refractivity contribution in [2.24, 2.45) is 5.73 Å². The van der Waals surface area contributed by atoms with Gasteiger partial charge in [-0.15, -0.1) is 5.10 Å². The molecule has 0 radical (unpaired) electrons. The average molecular weight is 437 g/mol. The fourth-order valence-corrected chi connectivity index (χ4v) is 2.89. The number of nitro groups is 1. The molecule has 4 N–H and O–H groups in total. The zero-order valence-electron chi connectivity index (χ0n) is 16.9. The number of aromatic nitrogens is 3. The normalized spacial score (nSPS) is 10.4. The Morgan fingerprint density at radius 1 is 1.12 bits per heavy atom. The fourth-order valence-electron chi connectivity index (χ4n) is 2.89. The lowest BCUT2D eigenvalue weighted by atomic mass is 10.1. The van der Waals surface area contributed by atoms with Crippen molar-refractivity contribution < 1.29 is 19.3 Å². The maximum Gasteiger partial charge on any atom is 0.278 e. The summed E-state index contributed by atoms with van der Waals surface area (Å²) < 4.78 is 1.31. The van der Waals surface area contributed by atoms with Crippen LogP contribution in [0.25, 0.3) is 5.69 Å². The van der Waals surface area contributed by atoms with Crippen molar-refractivity contribution >= 4 is 29.1 Å². The number of para-hydroxylation sites is 1. The van der Waals surface area contributed by atoms with E-state index in [1.807, 2.05) is 0 Å². The maximum absolute atomic E-state index is 12.8. The first-order valence-corrected chi connectivity index (χ1v) is 9.42. The quantitative estimate of drug-likeness (QED) is 0.352. The number of nitrogens with one attached hydrogen (secondary N) is 2. The van der Waals surface area contributed by atoms with E-state index in [2.05, 4.69) is 20.9 Å². The Bertz CT molecular complexity index is 1200. The summed E-state index contributed by atoms with van der Waals surface area (Å²) in [5.41, 5.74) is 6.07. The van der Waals surface area contributed by atoms with Gasteiger partial charge < -0.3 is 16.4 Å². The molecule has 0 unspecified atom stereocenters. The standard InChI is InChI=1S/C20H19N7O5/c1-12-18(24-25-26(12)13-5-4-6-14(11-13)27(31)32)20(30)23-16-8-3-2-7-15(16)19(29)22-10-9-17(21)28/h2-8,11H,9-10H2,1H3,(H2,21,28)(H,22,29)(H,23,30). The minimum atomic E-state index is -0.614. The molecule has 0 fully saturated rings. The SMILES string of the molecule is Cc1c(C(=O)Nc2ccccc2C(=O)NCCC(N)=O)nnn1-c1cccc([N+](=O)[O-])c1. The number of rotatable bonds is 8. The number of benzene rings is 2. The molecule has 0 saturated carbocycles. The van der Waals surface area contributed by atoms with Crippen LogP contribution in [0.1, 0.15) is 33.0 Å². The molecule has 0 atom stereocenters. The number of hydrogen-bond acceptors (Lipinski definition) is 7. The summed E-state index contributed by atoms with van der Waals surface area (Å²) >= 11 is 0. The number of carbonyl (C=O) groups is 3. The van der Waals surface area contributed by atoms with Gasteiger partial charge in [0.1, 0.15) is 0 Å². The summed E-state index contributed by atoms with van der Waals surface area (Å²) in [5, 5.41) is 24.0. The Labute approximate surface area is 181 Å². The molecular weight excluding hydrogens is 418 g/mol. The van der Waals surface area contributed by atoms with Crippen LogP contribution in [-0.2, 0) is 4.79 Å². The van der Waals surface area contributed by atoms with Crippen molar-refractivity contribution in [3.8, 4) is 5.69 Å². The molecule has 12 nitrogen and oxygen atoms in total. The molecule has 3 aromatic rings. The van der Waals surface area contributed by atoms with E-state index in [4.69, 9.17) is 5.73 Å². The van der Waals surface area contributed by atoms with Crippen LogP contribution in [0.4, 0.5) is 11.4 Å². The fraction of sp³-hybridized carbons (Fsp3) is 0.150. The van der Waals surface area contributed by atoms with Crippen molar-refractivity contribution in [2.45, 2.75) is 13.3 Å². The Balaban J connectivity index is 1.81. The Morgan fingerprint density at radius 3 is 2.59 bits per heavy atom. The summed E-state index contributed by atoms with van der Waals surface area (Å²) in [6.07, 6.45) is -0.0137. The molecule has 0 saturated heterocycles. The molecule has 32 heavy (non-hydrogen) atoms. The van der Waals surface area contributed by atoms with Gasteiger partial charge in [0.05, 0.1) is 27.6 Å². The molecule has 3 amide bonds. The number of anilines is 1. The van der Waals surface area contributed by atoms with Gasteiger partial charge >= 0.3 is 0 Å². The van der Waals surface area contributed by atoms with Gasteiger partial charge in [-0.25, -0.2) is 4.68 Å². The molecule has 3 rings (SSSR count). The lowest BCUT2D eigenvalue weighted by molar-refractivity contribution is -0.384. The summed E-state index contributed by atoms with van der Waals surface area (Å²) in [6.45, 7) is 1.66. The number of carbonyl (C=O) groups excluding carboxylic acids is 3. The van der Waals surface area contributed by atoms with E-state index in [-0.39, 0.29) is 35.6 Å². The molecule has 0 aliphatic heterocycles. The van der Waals surface area contributed by atoms with Crippen molar-refractivity contribution in [3.63, 3.8) is 0 Å². The van der Waals surface area contributed by atoms with Gasteiger partial charge in [0.15, 0.2) is 5.69 Å². The predicted molar refractivity (Wildman–Crippen MR) is 113 cm³/mol. The van der Waals surface area contributed by atoms with E-state index in [9.17, 15) is 24.5 Å². The van der Waals surface area contributed by atoms with E-state index >= 15 is 0 Å². The zero-order chi connectivity index (χ0) is 23.3. The third-order valence-electron chi connectivity index (χ3n) is 4.47. The lowest BCUT2D eigenvalue weighted by Gasteiger charge is -2.11. The highest BCUT2D eigenvalue weighted by atomic mass is 16.6. The summed E-state index contributed by atoms with van der Waals surface area (Å²) in [6, 6.07) is 12.1. The number of nitrogens with zero attached hydrogens (tertiary/aromatic N) is 4. The molecule has 0 aliphatic carbocycles. The van der Waals surface area contributed by atoms with Crippen LogP contribution >= 0.6 is 0 Å². The first-order valence-electron chi connectivity index (χ1n) is 9.42. The van der Waals surface area contributed by atoms with Gasteiger partial charge in [-0.2, -0.15) is 0 Å². The van der Waals surface area contributed by atoms with Crippen LogP contribution in [0.2, 0.25) is 0 Å². The van der Waals surface area contributed by atoms with Crippen molar-refractivity contribution in [1.29, 1.82) is 0 Å². The largest absolute Gasteiger partial charge is 0.370 e. The minimum absolute atomic E-state index is 0.0135. The molecular formula is C20H19N7O5. The van der Waals surface area contributed by atoms with Crippen LogP contribution < -0.4 is 16.4 Å². The number of non-ortho nitro benzene ring substituents is 1. The minimum Gasteiger partial charge on any atom is -0.370 e. The molecule has 164 valence electrons. The lowest BCUT2D eigenvalue weighted by Crippen LogP contribution is -2.29. The van der Waals surface area contributed by atoms with Crippen LogP contribution in [0, 0.1) is 17.0 Å². The monoisotopic (exact) mass is 437 g/mol. The van der Waals surface area contributed by atoms with E-state index in [0.717, 1.165) is 0 Å². The summed E-state index contributed by atoms with van der Waals surface area (Å²) in [5.74, 6) is -1.65. The third kappa shape index (κ3) is 4.92. The van der Waals surface area contributed by atoms with Crippen LogP contribution in [0.3, 0.4) is 0 Å². The third-order valence-corrected chi connectivity index (χ3v) is 4.47. The van der Waals surface area contributed by atoms with Crippen LogP contribution in [0.15, 0.2) is 48.5 Å². The molecule has 0 spiro atoms. The maximum atomic E-state index is 12.8. The average Bonchev–Trinajstić information content (AvgIpc) is 3.15. The number of amides is 3. The molecule has 0 aliphatic rings. The first kappa shape index (κ1) is 22.1. The smallest absolute Gasteiger partial charge is 0.278 e. The van der Waals surface area contributed by atoms with E-state index < -0.39 is 22.6 Å². The first-order chi connectivity index (χ1) is 15.3. The Morgan fingerprint density at radius 2 is 1.88 bits per heavy atom. The Kier molecular flexibility index (Phi) is 6.53. The second-order valence-electron chi connectivity index (χ2n) is 6.68. The van der Waals surface area contributed by atoms with Gasteiger partial charge in [-0.1, -0.05) is 23.4 Å². The van der Waals surface area contributed by atoms with Crippen molar-refractivity contribution in [2.75, 3.05) is 11.9 Å². The van der Waals surface area contributed by atoms with Gasteiger partial charge in [0, 0.05) is 25.1 Å².